The molecule has 1 aromatic heterocycles. The second-order valence-electron chi connectivity index (χ2n) is 6.44. The van der Waals surface area contributed by atoms with Gasteiger partial charge < -0.3 is 13.9 Å². The first-order valence-corrected chi connectivity index (χ1v) is 8.93. The molecule has 0 spiro atoms. The molecule has 1 atom stereocenters. The Kier molecular flexibility index (Phi) is 4.81. The van der Waals surface area contributed by atoms with Gasteiger partial charge in [0.15, 0.2) is 6.61 Å². The van der Waals surface area contributed by atoms with Gasteiger partial charge in [-0.1, -0.05) is 29.3 Å². The van der Waals surface area contributed by atoms with E-state index in [9.17, 15) is 4.79 Å². The van der Waals surface area contributed by atoms with Gasteiger partial charge in [0.25, 0.3) is 5.89 Å². The van der Waals surface area contributed by atoms with Crippen LogP contribution in [0.25, 0.3) is 11.5 Å². The highest BCUT2D eigenvalue weighted by Crippen LogP contribution is 2.30. The number of rotatable bonds is 4. The van der Waals surface area contributed by atoms with E-state index in [1.165, 1.54) is 0 Å². The first-order chi connectivity index (χ1) is 13.1. The molecule has 7 heteroatoms. The Labute approximate surface area is 161 Å². The number of carbonyl (C=O) groups excluding carboxylic acids is 1. The number of ether oxygens (including phenoxy) is 2. The minimum absolute atomic E-state index is 0.0729. The summed E-state index contributed by atoms with van der Waals surface area (Å²) >= 11 is 6.01. The molecule has 0 fully saturated rings. The van der Waals surface area contributed by atoms with Crippen molar-refractivity contribution < 1.29 is 18.7 Å². The third-order valence-corrected chi connectivity index (χ3v) is 4.57. The van der Waals surface area contributed by atoms with Crippen LogP contribution in [0.3, 0.4) is 0 Å². The topological polar surface area (TPSA) is 74.5 Å². The summed E-state index contributed by atoms with van der Waals surface area (Å²) in [4.78, 5) is 12.4. The molecule has 0 N–H and O–H groups in total. The van der Waals surface area contributed by atoms with Crippen LogP contribution in [-0.2, 0) is 22.6 Å². The highest BCUT2D eigenvalue weighted by Gasteiger charge is 2.28. The molecule has 1 aliphatic rings. The second-order valence-corrected chi connectivity index (χ2v) is 6.88. The number of nitrogens with zero attached hydrogens (tertiary/aromatic N) is 2. The predicted molar refractivity (Wildman–Crippen MR) is 98.4 cm³/mol. The Morgan fingerprint density at radius 2 is 2.15 bits per heavy atom. The van der Waals surface area contributed by atoms with Crippen LogP contribution in [0.4, 0.5) is 0 Å². The molecule has 0 radical (unpaired) electrons. The van der Waals surface area contributed by atoms with Crippen LogP contribution < -0.4 is 4.74 Å². The number of halogens is 1. The van der Waals surface area contributed by atoms with Gasteiger partial charge in [-0.2, -0.15) is 0 Å². The normalized spacial score (nSPS) is 15.7. The summed E-state index contributed by atoms with van der Waals surface area (Å²) in [6, 6.07) is 13.1. The summed E-state index contributed by atoms with van der Waals surface area (Å²) in [6.45, 7) is 2.18. The molecule has 6 nitrogen and oxygen atoms in total. The van der Waals surface area contributed by atoms with E-state index in [0.29, 0.717) is 17.3 Å². The van der Waals surface area contributed by atoms with E-state index in [0.717, 1.165) is 22.4 Å². The minimum atomic E-state index is -0.393. The van der Waals surface area contributed by atoms with E-state index < -0.39 is 5.92 Å². The first kappa shape index (κ1) is 17.5. The summed E-state index contributed by atoms with van der Waals surface area (Å²) in [5.41, 5.74) is 2.82. The lowest BCUT2D eigenvalue weighted by Gasteiger charge is -2.23. The maximum atomic E-state index is 12.4. The van der Waals surface area contributed by atoms with Crippen molar-refractivity contribution in [1.82, 2.24) is 10.2 Å². The molecule has 0 saturated heterocycles. The molecular weight excluding hydrogens is 368 g/mol. The highest BCUT2D eigenvalue weighted by atomic mass is 35.5. The summed E-state index contributed by atoms with van der Waals surface area (Å²) in [6.07, 6.45) is 0.521. The minimum Gasteiger partial charge on any atom is -0.492 e. The molecule has 0 aliphatic carbocycles. The van der Waals surface area contributed by atoms with Gasteiger partial charge in [0, 0.05) is 10.6 Å². The third-order valence-electron chi connectivity index (χ3n) is 4.33. The average molecular weight is 385 g/mol. The van der Waals surface area contributed by atoms with E-state index in [4.69, 9.17) is 25.5 Å². The van der Waals surface area contributed by atoms with Gasteiger partial charge in [0.2, 0.25) is 5.89 Å². The van der Waals surface area contributed by atoms with Crippen molar-refractivity contribution in [3.63, 3.8) is 0 Å². The standard InChI is InChI=1S/C20H17ClN2O4/c1-12-3-2-4-13(7-12)19-23-22-18(27-19)11-26-20(24)15-8-14-9-16(21)5-6-17(14)25-10-15/h2-7,9,15H,8,10-11H2,1H3/t15-/m1/s1. The monoisotopic (exact) mass is 384 g/mol. The maximum Gasteiger partial charge on any atom is 0.313 e. The summed E-state index contributed by atoms with van der Waals surface area (Å²) in [5.74, 6) is 0.642. The third kappa shape index (κ3) is 3.95. The largest absolute Gasteiger partial charge is 0.492 e. The van der Waals surface area contributed by atoms with Gasteiger partial charge in [0.05, 0.1) is 5.92 Å². The Balaban J connectivity index is 1.37. The average Bonchev–Trinajstić information content (AvgIpc) is 3.14. The van der Waals surface area contributed by atoms with Crippen molar-refractivity contribution in [3.8, 4) is 17.2 Å². The van der Waals surface area contributed by atoms with Crippen LogP contribution in [0.5, 0.6) is 5.75 Å². The van der Waals surface area contributed by atoms with Gasteiger partial charge in [-0.05, 0) is 49.2 Å². The fourth-order valence-corrected chi connectivity index (χ4v) is 3.17. The zero-order chi connectivity index (χ0) is 18.8. The number of hydrogen-bond donors (Lipinski definition) is 0. The van der Waals surface area contributed by atoms with Crippen molar-refractivity contribution in [2.75, 3.05) is 6.61 Å². The first-order valence-electron chi connectivity index (χ1n) is 8.56. The maximum absolute atomic E-state index is 12.4. The molecule has 0 saturated carbocycles. The molecule has 0 amide bonds. The molecule has 1 aliphatic heterocycles. The molecule has 3 aromatic rings. The Hall–Kier alpha value is -2.86. The summed E-state index contributed by atoms with van der Waals surface area (Å²) in [7, 11) is 0. The summed E-state index contributed by atoms with van der Waals surface area (Å²) < 4.78 is 16.6. The zero-order valence-corrected chi connectivity index (χ0v) is 15.4. The molecule has 2 aromatic carbocycles. The summed E-state index contributed by atoms with van der Waals surface area (Å²) in [5, 5.41) is 8.57. The molecule has 4 rings (SSSR count). The predicted octanol–water partition coefficient (Wildman–Crippen LogP) is 3.99. The number of fused-ring (bicyclic) bond motifs is 1. The van der Waals surface area contributed by atoms with Crippen LogP contribution in [0.15, 0.2) is 46.9 Å². The van der Waals surface area contributed by atoms with E-state index in [1.807, 2.05) is 43.3 Å². The van der Waals surface area contributed by atoms with E-state index >= 15 is 0 Å². The van der Waals surface area contributed by atoms with Crippen LogP contribution in [0.1, 0.15) is 17.0 Å². The number of aromatic nitrogens is 2. The van der Waals surface area contributed by atoms with Crippen molar-refractivity contribution in [3.05, 3.63) is 64.5 Å². The number of hydrogen-bond acceptors (Lipinski definition) is 6. The fraction of sp³-hybridized carbons (Fsp3) is 0.250. The number of benzene rings is 2. The molecule has 27 heavy (non-hydrogen) atoms. The Morgan fingerprint density at radius 3 is 3.00 bits per heavy atom. The second kappa shape index (κ2) is 7.40. The number of aryl methyl sites for hydroxylation is 1. The van der Waals surface area contributed by atoms with Gasteiger partial charge >= 0.3 is 5.97 Å². The molecule has 0 bridgehead atoms. The SMILES string of the molecule is Cc1cccc(-c2nnc(COC(=O)[C@H]3COc4ccc(Cl)cc4C3)o2)c1. The lowest BCUT2D eigenvalue weighted by molar-refractivity contribution is -0.152. The Bertz CT molecular complexity index is 986. The number of esters is 1. The van der Waals surface area contributed by atoms with Crippen molar-refractivity contribution in [1.29, 1.82) is 0 Å². The Morgan fingerprint density at radius 1 is 1.26 bits per heavy atom. The van der Waals surface area contributed by atoms with E-state index in [1.54, 1.807) is 6.07 Å². The number of carbonyl (C=O) groups is 1. The molecule has 2 heterocycles. The lowest BCUT2D eigenvalue weighted by Crippen LogP contribution is -2.29. The smallest absolute Gasteiger partial charge is 0.313 e. The van der Waals surface area contributed by atoms with Crippen LogP contribution in [0.2, 0.25) is 5.02 Å². The van der Waals surface area contributed by atoms with Crippen molar-refractivity contribution in [2.45, 2.75) is 20.0 Å². The zero-order valence-electron chi connectivity index (χ0n) is 14.6. The van der Waals surface area contributed by atoms with E-state index in [-0.39, 0.29) is 25.1 Å². The highest BCUT2D eigenvalue weighted by molar-refractivity contribution is 6.30. The van der Waals surface area contributed by atoms with Crippen LogP contribution in [0, 0.1) is 12.8 Å². The van der Waals surface area contributed by atoms with Gasteiger partial charge in [-0.3, -0.25) is 4.79 Å². The molecule has 0 unspecified atom stereocenters. The van der Waals surface area contributed by atoms with Gasteiger partial charge in [-0.25, -0.2) is 0 Å². The van der Waals surface area contributed by atoms with Crippen LogP contribution in [-0.4, -0.2) is 22.8 Å². The lowest BCUT2D eigenvalue weighted by atomic mass is 9.97. The van der Waals surface area contributed by atoms with Gasteiger partial charge in [-0.15, -0.1) is 10.2 Å². The van der Waals surface area contributed by atoms with Crippen LogP contribution >= 0.6 is 11.6 Å². The van der Waals surface area contributed by atoms with E-state index in [2.05, 4.69) is 10.2 Å². The molecule has 138 valence electrons. The van der Waals surface area contributed by atoms with Gasteiger partial charge in [0.1, 0.15) is 12.4 Å². The van der Waals surface area contributed by atoms with Crippen molar-refractivity contribution >= 4 is 17.6 Å². The molecular formula is C20H17ClN2O4. The fourth-order valence-electron chi connectivity index (χ4n) is 2.97. The van der Waals surface area contributed by atoms with Crippen molar-refractivity contribution in [2.24, 2.45) is 5.92 Å². The quantitative estimate of drug-likeness (QED) is 0.633.